The number of hydrogen-bond acceptors (Lipinski definition) is 2. The van der Waals surface area contributed by atoms with Crippen molar-refractivity contribution in [2.75, 3.05) is 11.5 Å². The largest absolute Gasteiger partial charge is 0.491 e. The Morgan fingerprint density at radius 1 is 0.923 bits per heavy atom. The number of nitrogens with zero attached hydrogens (tertiary/aromatic N) is 1. The molecule has 0 aromatic heterocycles. The number of benzene rings is 3. The summed E-state index contributed by atoms with van der Waals surface area (Å²) in [6, 6.07) is 23.0. The van der Waals surface area contributed by atoms with Gasteiger partial charge in [0.25, 0.3) is 0 Å². The number of ether oxygens (including phenoxy) is 1. The van der Waals surface area contributed by atoms with Gasteiger partial charge in [-0.05, 0) is 33.1 Å². The van der Waals surface area contributed by atoms with Gasteiger partial charge in [-0.15, -0.1) is 0 Å². The highest BCUT2D eigenvalue weighted by Gasteiger charge is 2.25. The van der Waals surface area contributed by atoms with E-state index in [1.54, 1.807) is 0 Å². The van der Waals surface area contributed by atoms with Gasteiger partial charge in [-0.2, -0.15) is 0 Å². The fraction of sp³-hybridized carbons (Fsp3) is 0.182. The van der Waals surface area contributed by atoms with Crippen LogP contribution in [0, 0.1) is 0 Å². The summed E-state index contributed by atoms with van der Waals surface area (Å²) in [7, 11) is 0. The van der Waals surface area contributed by atoms with Gasteiger partial charge < -0.3 is 9.64 Å². The highest BCUT2D eigenvalue weighted by atomic mass is 79.9. The van der Waals surface area contributed by atoms with Crippen LogP contribution >= 0.6 is 27.5 Å². The summed E-state index contributed by atoms with van der Waals surface area (Å²) in [5, 5.41) is 0.732. The lowest BCUT2D eigenvalue weighted by Gasteiger charge is -2.27. The first kappa shape index (κ1) is 17.4. The zero-order valence-electron chi connectivity index (χ0n) is 14.3. The van der Waals surface area contributed by atoms with Crippen molar-refractivity contribution in [3.8, 4) is 5.75 Å². The Labute approximate surface area is 167 Å². The van der Waals surface area contributed by atoms with Crippen molar-refractivity contribution in [1.29, 1.82) is 0 Å². The Balaban J connectivity index is 1.76. The molecule has 0 fully saturated rings. The second-order valence-electron chi connectivity index (χ2n) is 6.42. The highest BCUT2D eigenvalue weighted by Crippen LogP contribution is 2.45. The SMILES string of the molecule is Clc1cc(N(Cc2ccccc2)Cc2ccccc2)c2c(c1Br)CCO2. The lowest BCUT2D eigenvalue weighted by atomic mass is 10.1. The molecule has 0 spiro atoms. The third-order valence-electron chi connectivity index (χ3n) is 4.62. The summed E-state index contributed by atoms with van der Waals surface area (Å²) in [4.78, 5) is 2.34. The molecular formula is C22H19BrClNO. The number of hydrogen-bond donors (Lipinski definition) is 0. The number of fused-ring (bicyclic) bond motifs is 1. The van der Waals surface area contributed by atoms with Crippen molar-refractivity contribution in [2.45, 2.75) is 19.5 Å². The van der Waals surface area contributed by atoms with E-state index in [1.165, 1.54) is 16.7 Å². The molecule has 1 aliphatic rings. The van der Waals surface area contributed by atoms with E-state index in [9.17, 15) is 0 Å². The highest BCUT2D eigenvalue weighted by molar-refractivity contribution is 9.10. The number of anilines is 1. The number of halogens is 2. The zero-order chi connectivity index (χ0) is 17.9. The fourth-order valence-electron chi connectivity index (χ4n) is 3.36. The quantitative estimate of drug-likeness (QED) is 0.476. The van der Waals surface area contributed by atoms with Crippen molar-refractivity contribution in [3.05, 3.63) is 92.9 Å². The van der Waals surface area contributed by atoms with Crippen LogP contribution in [0.2, 0.25) is 5.02 Å². The van der Waals surface area contributed by atoms with Crippen LogP contribution in [0.25, 0.3) is 0 Å². The van der Waals surface area contributed by atoms with Crippen LogP contribution in [-0.2, 0) is 19.5 Å². The minimum absolute atomic E-state index is 0.700. The number of rotatable bonds is 5. The molecule has 0 saturated carbocycles. The van der Waals surface area contributed by atoms with E-state index >= 15 is 0 Å². The molecule has 26 heavy (non-hydrogen) atoms. The molecule has 132 valence electrons. The molecule has 1 heterocycles. The van der Waals surface area contributed by atoms with Gasteiger partial charge in [-0.1, -0.05) is 72.3 Å². The fourth-order valence-corrected chi connectivity index (χ4v) is 4.07. The Morgan fingerprint density at radius 3 is 2.08 bits per heavy atom. The van der Waals surface area contributed by atoms with Crippen molar-refractivity contribution in [1.82, 2.24) is 0 Å². The molecule has 3 aromatic rings. The normalized spacial score (nSPS) is 12.5. The smallest absolute Gasteiger partial charge is 0.147 e. The molecule has 0 unspecified atom stereocenters. The summed E-state index contributed by atoms with van der Waals surface area (Å²) in [6.45, 7) is 2.29. The molecule has 0 atom stereocenters. The minimum Gasteiger partial charge on any atom is -0.491 e. The summed E-state index contributed by atoms with van der Waals surface area (Å²) in [5.41, 5.74) is 4.74. The predicted molar refractivity (Wildman–Crippen MR) is 111 cm³/mol. The van der Waals surface area contributed by atoms with E-state index in [0.717, 1.165) is 40.4 Å². The second kappa shape index (κ2) is 7.73. The maximum atomic E-state index is 6.52. The molecule has 4 rings (SSSR count). The Morgan fingerprint density at radius 2 is 1.50 bits per heavy atom. The van der Waals surface area contributed by atoms with Crippen LogP contribution in [0.1, 0.15) is 16.7 Å². The van der Waals surface area contributed by atoms with Crippen molar-refractivity contribution >= 4 is 33.2 Å². The first-order valence-corrected chi connectivity index (χ1v) is 9.86. The Kier molecular flexibility index (Phi) is 5.18. The van der Waals surface area contributed by atoms with Gasteiger partial charge in [0.2, 0.25) is 0 Å². The average Bonchev–Trinajstić information content (AvgIpc) is 3.16. The Bertz CT molecular complexity index is 858. The maximum Gasteiger partial charge on any atom is 0.147 e. The summed E-state index contributed by atoms with van der Waals surface area (Å²) >= 11 is 10.1. The molecule has 0 saturated heterocycles. The third kappa shape index (κ3) is 3.60. The first-order chi connectivity index (χ1) is 12.7. The predicted octanol–water partition coefficient (Wildman–Crippen LogP) is 6.24. The molecular weight excluding hydrogens is 410 g/mol. The van der Waals surface area contributed by atoms with Gasteiger partial charge in [0.15, 0.2) is 0 Å². The summed E-state index contributed by atoms with van der Waals surface area (Å²) in [5.74, 6) is 0.952. The van der Waals surface area contributed by atoms with E-state index in [1.807, 2.05) is 18.2 Å². The summed E-state index contributed by atoms with van der Waals surface area (Å²) < 4.78 is 6.95. The lowest BCUT2D eigenvalue weighted by Crippen LogP contribution is -2.22. The third-order valence-corrected chi connectivity index (χ3v) is 6.05. The minimum atomic E-state index is 0.700. The van der Waals surface area contributed by atoms with Crippen LogP contribution in [0.4, 0.5) is 5.69 Å². The molecule has 0 N–H and O–H groups in total. The lowest BCUT2D eigenvalue weighted by molar-refractivity contribution is 0.356. The van der Waals surface area contributed by atoms with Crippen molar-refractivity contribution in [3.63, 3.8) is 0 Å². The monoisotopic (exact) mass is 427 g/mol. The molecule has 0 radical (unpaired) electrons. The van der Waals surface area contributed by atoms with Crippen LogP contribution < -0.4 is 9.64 Å². The van der Waals surface area contributed by atoms with E-state index in [0.29, 0.717) is 6.61 Å². The van der Waals surface area contributed by atoms with Crippen LogP contribution in [0.5, 0.6) is 5.75 Å². The molecule has 0 aliphatic carbocycles. The van der Waals surface area contributed by atoms with Gasteiger partial charge in [-0.25, -0.2) is 0 Å². The molecule has 0 amide bonds. The average molecular weight is 429 g/mol. The van der Waals surface area contributed by atoms with E-state index in [4.69, 9.17) is 16.3 Å². The molecule has 0 bridgehead atoms. The van der Waals surface area contributed by atoms with Crippen LogP contribution in [-0.4, -0.2) is 6.61 Å². The molecule has 4 heteroatoms. The second-order valence-corrected chi connectivity index (χ2v) is 7.63. The molecule has 1 aliphatic heterocycles. The maximum absolute atomic E-state index is 6.52. The topological polar surface area (TPSA) is 12.5 Å². The van der Waals surface area contributed by atoms with E-state index < -0.39 is 0 Å². The van der Waals surface area contributed by atoms with Gasteiger partial charge >= 0.3 is 0 Å². The van der Waals surface area contributed by atoms with Crippen molar-refractivity contribution in [2.24, 2.45) is 0 Å². The van der Waals surface area contributed by atoms with E-state index in [2.05, 4.69) is 69.4 Å². The zero-order valence-corrected chi connectivity index (χ0v) is 16.6. The van der Waals surface area contributed by atoms with Crippen LogP contribution in [0.15, 0.2) is 71.2 Å². The van der Waals surface area contributed by atoms with E-state index in [-0.39, 0.29) is 0 Å². The van der Waals surface area contributed by atoms with Gasteiger partial charge in [0, 0.05) is 29.5 Å². The first-order valence-electron chi connectivity index (χ1n) is 8.69. The van der Waals surface area contributed by atoms with Gasteiger partial charge in [0.1, 0.15) is 5.75 Å². The van der Waals surface area contributed by atoms with Gasteiger partial charge in [-0.3, -0.25) is 0 Å². The van der Waals surface area contributed by atoms with Crippen LogP contribution in [0.3, 0.4) is 0 Å². The van der Waals surface area contributed by atoms with Gasteiger partial charge in [0.05, 0.1) is 17.3 Å². The standard InChI is InChI=1S/C22H19BrClNO/c23-21-18-11-12-26-22(18)20(13-19(21)24)25(14-16-7-3-1-4-8-16)15-17-9-5-2-6-10-17/h1-10,13H,11-12,14-15H2. The summed E-state index contributed by atoms with van der Waals surface area (Å²) in [6.07, 6.45) is 0.883. The van der Waals surface area contributed by atoms with Crippen molar-refractivity contribution < 1.29 is 4.74 Å². The Hall–Kier alpha value is -1.97. The molecule has 3 aromatic carbocycles. The molecule has 2 nitrogen and oxygen atoms in total.